The van der Waals surface area contributed by atoms with Crippen molar-refractivity contribution in [3.8, 4) is 5.75 Å². The normalized spacial score (nSPS) is 10.2. The Bertz CT molecular complexity index is 572. The largest absolute Gasteiger partial charge is 0.489 e. The lowest BCUT2D eigenvalue weighted by molar-refractivity contribution is 0.283. The molecule has 0 bridgehead atoms. The zero-order valence-electron chi connectivity index (χ0n) is 14.3. The summed E-state index contributed by atoms with van der Waals surface area (Å²) in [6.07, 6.45) is 3.07. The smallest absolute Gasteiger partial charge is 0.120 e. The van der Waals surface area contributed by atoms with E-state index < -0.39 is 0 Å². The van der Waals surface area contributed by atoms with Crippen molar-refractivity contribution in [1.29, 1.82) is 0 Å². The molecule has 0 amide bonds. The lowest BCUT2D eigenvalue weighted by Crippen LogP contribution is -2.14. The molecule has 2 aromatic carbocycles. The summed E-state index contributed by atoms with van der Waals surface area (Å²) in [5.41, 5.74) is 3.68. The van der Waals surface area contributed by atoms with Gasteiger partial charge in [0.05, 0.1) is 0 Å². The van der Waals surface area contributed by atoms with Crippen molar-refractivity contribution < 1.29 is 9.84 Å². The van der Waals surface area contributed by atoms with E-state index in [1.54, 1.807) is 0 Å². The van der Waals surface area contributed by atoms with Crippen LogP contribution >= 0.6 is 12.4 Å². The molecule has 132 valence electrons. The van der Waals surface area contributed by atoms with Crippen LogP contribution in [0.5, 0.6) is 5.75 Å². The fraction of sp³-hybridized carbons (Fsp3) is 0.400. The molecule has 3 nitrogen and oxygen atoms in total. The number of unbranched alkanes of at least 4 members (excludes halogenated alkanes) is 2. The SMILES string of the molecule is Cc1ccc(COc2cccc(CNCCCCCO)c2)cc1.Cl. The minimum absolute atomic E-state index is 0. The van der Waals surface area contributed by atoms with E-state index >= 15 is 0 Å². The highest BCUT2D eigenvalue weighted by molar-refractivity contribution is 5.85. The molecule has 24 heavy (non-hydrogen) atoms. The maximum atomic E-state index is 8.74. The van der Waals surface area contributed by atoms with Crippen LogP contribution in [-0.2, 0) is 13.2 Å². The molecule has 0 fully saturated rings. The predicted octanol–water partition coefficient (Wildman–Crippen LogP) is 4.25. The van der Waals surface area contributed by atoms with Gasteiger partial charge in [0.2, 0.25) is 0 Å². The molecule has 0 saturated carbocycles. The molecule has 0 heterocycles. The second kappa shape index (κ2) is 11.9. The van der Waals surface area contributed by atoms with Gasteiger partial charge in [-0.15, -0.1) is 12.4 Å². The molecule has 0 radical (unpaired) electrons. The van der Waals surface area contributed by atoms with Gasteiger partial charge in [-0.05, 0) is 56.0 Å². The van der Waals surface area contributed by atoms with Crippen molar-refractivity contribution in [2.75, 3.05) is 13.2 Å². The second-order valence-corrected chi connectivity index (χ2v) is 5.88. The number of hydrogen-bond acceptors (Lipinski definition) is 3. The summed E-state index contributed by atoms with van der Waals surface area (Å²) >= 11 is 0. The molecular weight excluding hydrogens is 322 g/mol. The first-order chi connectivity index (χ1) is 11.3. The van der Waals surface area contributed by atoms with Crippen molar-refractivity contribution in [3.05, 3.63) is 65.2 Å². The molecule has 0 aliphatic rings. The lowest BCUT2D eigenvalue weighted by Gasteiger charge is -2.09. The molecule has 0 spiro atoms. The summed E-state index contributed by atoms with van der Waals surface area (Å²) < 4.78 is 5.88. The first-order valence-corrected chi connectivity index (χ1v) is 8.37. The van der Waals surface area contributed by atoms with Crippen LogP contribution in [-0.4, -0.2) is 18.3 Å². The minimum Gasteiger partial charge on any atom is -0.489 e. The number of benzene rings is 2. The van der Waals surface area contributed by atoms with Crippen molar-refractivity contribution in [2.24, 2.45) is 0 Å². The Labute approximate surface area is 151 Å². The zero-order chi connectivity index (χ0) is 16.3. The number of aliphatic hydroxyl groups excluding tert-OH is 1. The van der Waals surface area contributed by atoms with E-state index in [9.17, 15) is 0 Å². The summed E-state index contributed by atoms with van der Waals surface area (Å²) in [6.45, 7) is 4.80. The predicted molar refractivity (Wildman–Crippen MR) is 102 cm³/mol. The maximum Gasteiger partial charge on any atom is 0.120 e. The third-order valence-electron chi connectivity index (χ3n) is 3.77. The number of ether oxygens (including phenoxy) is 1. The van der Waals surface area contributed by atoms with Gasteiger partial charge in [-0.1, -0.05) is 42.0 Å². The Morgan fingerprint density at radius 3 is 2.50 bits per heavy atom. The summed E-state index contributed by atoms with van der Waals surface area (Å²) in [4.78, 5) is 0. The van der Waals surface area contributed by atoms with E-state index in [2.05, 4.69) is 48.6 Å². The second-order valence-electron chi connectivity index (χ2n) is 5.88. The van der Waals surface area contributed by atoms with Gasteiger partial charge in [0, 0.05) is 13.2 Å². The Morgan fingerprint density at radius 1 is 0.958 bits per heavy atom. The molecule has 0 unspecified atom stereocenters. The summed E-state index contributed by atoms with van der Waals surface area (Å²) in [7, 11) is 0. The summed E-state index contributed by atoms with van der Waals surface area (Å²) in [5.74, 6) is 0.908. The van der Waals surface area contributed by atoms with Gasteiger partial charge in [-0.3, -0.25) is 0 Å². The molecule has 0 aromatic heterocycles. The summed E-state index contributed by atoms with van der Waals surface area (Å²) in [6, 6.07) is 16.7. The zero-order valence-corrected chi connectivity index (χ0v) is 15.1. The van der Waals surface area contributed by atoms with Crippen molar-refractivity contribution in [1.82, 2.24) is 5.32 Å². The molecule has 4 heteroatoms. The molecule has 2 aromatic rings. The first kappa shape index (κ1) is 20.5. The molecular formula is C20H28ClNO2. The van der Waals surface area contributed by atoms with E-state index in [-0.39, 0.29) is 12.4 Å². The quantitative estimate of drug-likeness (QED) is 0.630. The van der Waals surface area contributed by atoms with E-state index in [1.165, 1.54) is 16.7 Å². The topological polar surface area (TPSA) is 41.5 Å². The van der Waals surface area contributed by atoms with Gasteiger partial charge < -0.3 is 15.2 Å². The summed E-state index contributed by atoms with van der Waals surface area (Å²) in [5, 5.41) is 12.2. The minimum atomic E-state index is 0. The van der Waals surface area contributed by atoms with Crippen molar-refractivity contribution in [3.63, 3.8) is 0 Å². The van der Waals surface area contributed by atoms with Gasteiger partial charge >= 0.3 is 0 Å². The third-order valence-corrected chi connectivity index (χ3v) is 3.77. The Hall–Kier alpha value is -1.55. The van der Waals surface area contributed by atoms with Crippen LogP contribution in [0.25, 0.3) is 0 Å². The molecule has 0 aliphatic carbocycles. The third kappa shape index (κ3) is 7.82. The average Bonchev–Trinajstić information content (AvgIpc) is 2.58. The van der Waals surface area contributed by atoms with E-state index in [0.717, 1.165) is 38.1 Å². The average molecular weight is 350 g/mol. The van der Waals surface area contributed by atoms with Crippen molar-refractivity contribution in [2.45, 2.75) is 39.3 Å². The number of nitrogens with one attached hydrogen (secondary N) is 1. The molecule has 2 N–H and O–H groups in total. The fourth-order valence-electron chi connectivity index (χ4n) is 2.37. The lowest BCUT2D eigenvalue weighted by atomic mass is 10.1. The number of hydrogen-bond donors (Lipinski definition) is 2. The molecule has 0 aliphatic heterocycles. The number of rotatable bonds is 10. The van der Waals surface area contributed by atoms with Gasteiger partial charge in [0.15, 0.2) is 0 Å². The van der Waals surface area contributed by atoms with Gasteiger partial charge in [0.25, 0.3) is 0 Å². The molecule has 0 atom stereocenters. The van der Waals surface area contributed by atoms with E-state index in [1.807, 2.05) is 12.1 Å². The van der Waals surface area contributed by atoms with E-state index in [0.29, 0.717) is 13.2 Å². The maximum absolute atomic E-state index is 8.74. The highest BCUT2D eigenvalue weighted by atomic mass is 35.5. The highest BCUT2D eigenvalue weighted by Crippen LogP contribution is 2.15. The first-order valence-electron chi connectivity index (χ1n) is 8.37. The van der Waals surface area contributed by atoms with Gasteiger partial charge in [-0.2, -0.15) is 0 Å². The number of aliphatic hydroxyl groups is 1. The number of aryl methyl sites for hydroxylation is 1. The Balaban J connectivity index is 0.00000288. The highest BCUT2D eigenvalue weighted by Gasteiger charge is 1.99. The van der Waals surface area contributed by atoms with Crippen LogP contribution in [0, 0.1) is 6.92 Å². The number of halogens is 1. The Kier molecular flexibility index (Phi) is 10.2. The van der Waals surface area contributed by atoms with Crippen LogP contribution < -0.4 is 10.1 Å². The fourth-order valence-corrected chi connectivity index (χ4v) is 2.37. The van der Waals surface area contributed by atoms with Crippen LogP contribution in [0.1, 0.15) is 36.0 Å². The Morgan fingerprint density at radius 2 is 1.75 bits per heavy atom. The van der Waals surface area contributed by atoms with Crippen LogP contribution in [0.4, 0.5) is 0 Å². The monoisotopic (exact) mass is 349 g/mol. The van der Waals surface area contributed by atoms with Crippen LogP contribution in [0.2, 0.25) is 0 Å². The molecule has 2 rings (SSSR count). The van der Waals surface area contributed by atoms with Crippen molar-refractivity contribution >= 4 is 12.4 Å². The van der Waals surface area contributed by atoms with Crippen LogP contribution in [0.15, 0.2) is 48.5 Å². The van der Waals surface area contributed by atoms with Crippen LogP contribution in [0.3, 0.4) is 0 Å². The molecule has 0 saturated heterocycles. The van der Waals surface area contributed by atoms with E-state index in [4.69, 9.17) is 9.84 Å². The van der Waals surface area contributed by atoms with Gasteiger partial charge in [0.1, 0.15) is 12.4 Å². The standard InChI is InChI=1S/C20H27NO2.ClH/c1-17-8-10-18(11-9-17)16-23-20-7-5-6-19(14-20)15-21-12-3-2-4-13-22;/h5-11,14,21-22H,2-4,12-13,15-16H2,1H3;1H. The van der Waals surface area contributed by atoms with Gasteiger partial charge in [-0.25, -0.2) is 0 Å².